The average molecular weight is 321 g/mol. The molecule has 1 heterocycles. The van der Waals surface area contributed by atoms with Crippen molar-refractivity contribution in [3.8, 4) is 6.07 Å². The van der Waals surface area contributed by atoms with Crippen LogP contribution in [0.4, 0.5) is 0 Å². The Hall–Kier alpha value is -1.64. The first kappa shape index (κ1) is 12.8. The molecule has 2 aromatic rings. The van der Waals surface area contributed by atoms with Crippen molar-refractivity contribution in [1.82, 2.24) is 5.32 Å². The molecule has 1 aromatic heterocycles. The van der Waals surface area contributed by atoms with E-state index in [1.807, 2.05) is 29.6 Å². The minimum Gasteiger partial charge on any atom is -0.332 e. The number of rotatable bonds is 3. The molecule has 0 radical (unpaired) electrons. The number of carbonyl (C=O) groups excluding carboxylic acids is 1. The Morgan fingerprint density at radius 1 is 1.39 bits per heavy atom. The van der Waals surface area contributed by atoms with Crippen LogP contribution in [0.1, 0.15) is 21.3 Å². The molecule has 0 aliphatic rings. The third kappa shape index (κ3) is 2.97. The van der Waals surface area contributed by atoms with E-state index in [2.05, 4.69) is 27.3 Å². The summed E-state index contributed by atoms with van der Waals surface area (Å²) in [5, 5.41) is 13.7. The highest BCUT2D eigenvalue weighted by Gasteiger charge is 2.15. The quantitative estimate of drug-likeness (QED) is 0.940. The van der Waals surface area contributed by atoms with Crippen LogP contribution in [-0.2, 0) is 0 Å². The van der Waals surface area contributed by atoms with Crippen LogP contribution in [0.5, 0.6) is 0 Å². The molecule has 18 heavy (non-hydrogen) atoms. The summed E-state index contributed by atoms with van der Waals surface area (Å²) in [5.41, 5.74) is 0.761. The van der Waals surface area contributed by atoms with Crippen molar-refractivity contribution in [2.45, 2.75) is 6.04 Å². The summed E-state index contributed by atoms with van der Waals surface area (Å²) in [4.78, 5) is 12.5. The predicted octanol–water partition coefficient (Wildman–Crippen LogP) is 3.51. The Bertz CT molecular complexity index is 589. The number of carbonyl (C=O) groups is 1. The fourth-order valence-electron chi connectivity index (χ4n) is 1.49. The van der Waals surface area contributed by atoms with Crippen molar-refractivity contribution >= 4 is 33.2 Å². The topological polar surface area (TPSA) is 52.9 Å². The van der Waals surface area contributed by atoms with E-state index in [1.165, 1.54) is 11.3 Å². The van der Waals surface area contributed by atoms with Gasteiger partial charge in [0.2, 0.25) is 0 Å². The third-order valence-corrected chi connectivity index (χ3v) is 3.69. The summed E-state index contributed by atoms with van der Waals surface area (Å²) in [6.07, 6.45) is 0. The van der Waals surface area contributed by atoms with Crippen LogP contribution in [0, 0.1) is 11.3 Å². The summed E-state index contributed by atoms with van der Waals surface area (Å²) >= 11 is 4.70. The van der Waals surface area contributed by atoms with E-state index < -0.39 is 6.04 Å². The van der Waals surface area contributed by atoms with Crippen LogP contribution in [0.15, 0.2) is 46.3 Å². The maximum absolute atomic E-state index is 11.9. The minimum absolute atomic E-state index is 0.225. The number of nitrogens with one attached hydrogen (secondary N) is 1. The molecule has 1 atom stereocenters. The zero-order valence-electron chi connectivity index (χ0n) is 9.26. The maximum atomic E-state index is 11.9. The number of hydrogen-bond donors (Lipinski definition) is 1. The van der Waals surface area contributed by atoms with Gasteiger partial charge < -0.3 is 5.32 Å². The van der Waals surface area contributed by atoms with Gasteiger partial charge in [-0.1, -0.05) is 34.1 Å². The molecule has 1 aromatic carbocycles. The molecule has 0 aliphatic carbocycles. The Kier molecular flexibility index (Phi) is 4.13. The van der Waals surface area contributed by atoms with Gasteiger partial charge in [0.25, 0.3) is 5.91 Å². The molecule has 3 nitrogen and oxygen atoms in total. The lowest BCUT2D eigenvalue weighted by Gasteiger charge is -2.11. The van der Waals surface area contributed by atoms with Gasteiger partial charge in [0.1, 0.15) is 6.04 Å². The molecule has 5 heteroatoms. The lowest BCUT2D eigenvalue weighted by Crippen LogP contribution is -2.26. The number of benzene rings is 1. The van der Waals surface area contributed by atoms with Gasteiger partial charge in [-0.25, -0.2) is 0 Å². The smallest absolute Gasteiger partial charge is 0.262 e. The lowest BCUT2D eigenvalue weighted by molar-refractivity contribution is 0.0949. The molecular weight excluding hydrogens is 312 g/mol. The molecule has 0 fully saturated rings. The van der Waals surface area contributed by atoms with E-state index in [1.54, 1.807) is 12.1 Å². The van der Waals surface area contributed by atoms with Crippen LogP contribution >= 0.6 is 27.3 Å². The summed E-state index contributed by atoms with van der Waals surface area (Å²) in [6.45, 7) is 0. The average Bonchev–Trinajstić information content (AvgIpc) is 2.89. The van der Waals surface area contributed by atoms with Crippen LogP contribution < -0.4 is 5.32 Å². The Morgan fingerprint density at radius 3 is 2.83 bits per heavy atom. The molecule has 1 amide bonds. The summed E-state index contributed by atoms with van der Waals surface area (Å²) < 4.78 is 0.880. The van der Waals surface area contributed by atoms with Gasteiger partial charge in [0, 0.05) is 4.47 Å². The highest BCUT2D eigenvalue weighted by Crippen LogP contribution is 2.19. The maximum Gasteiger partial charge on any atom is 0.262 e. The molecule has 0 saturated carbocycles. The van der Waals surface area contributed by atoms with Crippen LogP contribution in [0.2, 0.25) is 0 Å². The van der Waals surface area contributed by atoms with Gasteiger partial charge in [0.15, 0.2) is 0 Å². The second-order valence-corrected chi connectivity index (χ2v) is 5.43. The second kappa shape index (κ2) is 5.80. The van der Waals surface area contributed by atoms with Gasteiger partial charge in [-0.15, -0.1) is 11.3 Å². The lowest BCUT2D eigenvalue weighted by atomic mass is 10.1. The zero-order valence-corrected chi connectivity index (χ0v) is 11.7. The van der Waals surface area contributed by atoms with Crippen molar-refractivity contribution in [3.63, 3.8) is 0 Å². The highest BCUT2D eigenvalue weighted by atomic mass is 79.9. The van der Waals surface area contributed by atoms with Crippen LogP contribution in [0.25, 0.3) is 0 Å². The van der Waals surface area contributed by atoms with E-state index >= 15 is 0 Å². The van der Waals surface area contributed by atoms with Crippen molar-refractivity contribution in [2.75, 3.05) is 0 Å². The summed E-state index contributed by atoms with van der Waals surface area (Å²) in [6, 6.07) is 12.3. The predicted molar refractivity (Wildman–Crippen MR) is 74.3 cm³/mol. The van der Waals surface area contributed by atoms with Gasteiger partial charge >= 0.3 is 0 Å². The van der Waals surface area contributed by atoms with Gasteiger partial charge in [-0.05, 0) is 29.1 Å². The molecule has 0 aliphatic heterocycles. The molecule has 2 rings (SSSR count). The largest absolute Gasteiger partial charge is 0.332 e. The monoisotopic (exact) mass is 320 g/mol. The van der Waals surface area contributed by atoms with E-state index in [-0.39, 0.29) is 5.91 Å². The second-order valence-electron chi connectivity index (χ2n) is 3.57. The van der Waals surface area contributed by atoms with Crippen molar-refractivity contribution < 1.29 is 4.79 Å². The van der Waals surface area contributed by atoms with E-state index in [0.717, 1.165) is 10.0 Å². The van der Waals surface area contributed by atoms with Gasteiger partial charge in [0.05, 0.1) is 10.9 Å². The third-order valence-electron chi connectivity index (χ3n) is 2.33. The first-order valence-electron chi connectivity index (χ1n) is 5.20. The first-order chi connectivity index (χ1) is 8.70. The highest BCUT2D eigenvalue weighted by molar-refractivity contribution is 9.10. The summed E-state index contributed by atoms with van der Waals surface area (Å²) in [7, 11) is 0. The first-order valence-corrected chi connectivity index (χ1v) is 6.87. The van der Waals surface area contributed by atoms with Crippen LogP contribution in [0.3, 0.4) is 0 Å². The minimum atomic E-state index is -0.642. The van der Waals surface area contributed by atoms with Crippen LogP contribution in [-0.4, -0.2) is 5.91 Å². The number of thiophene rings is 1. The molecule has 0 bridgehead atoms. The molecule has 0 saturated heterocycles. The molecule has 0 spiro atoms. The summed E-state index contributed by atoms with van der Waals surface area (Å²) in [5.74, 6) is -0.225. The van der Waals surface area contributed by atoms with Crippen molar-refractivity contribution in [1.29, 1.82) is 5.26 Å². The number of nitrogens with zero attached hydrogens (tertiary/aromatic N) is 1. The van der Waals surface area contributed by atoms with Crippen molar-refractivity contribution in [3.05, 3.63) is 56.7 Å². The van der Waals surface area contributed by atoms with Gasteiger partial charge in [-0.3, -0.25) is 4.79 Å². The molecule has 1 N–H and O–H groups in total. The number of halogens is 1. The van der Waals surface area contributed by atoms with Crippen molar-refractivity contribution in [2.24, 2.45) is 0 Å². The zero-order chi connectivity index (χ0) is 13.0. The molecule has 90 valence electrons. The Morgan fingerprint density at radius 2 is 2.22 bits per heavy atom. The number of nitriles is 1. The van der Waals surface area contributed by atoms with Gasteiger partial charge in [-0.2, -0.15) is 5.26 Å². The van der Waals surface area contributed by atoms with E-state index in [0.29, 0.717) is 4.88 Å². The number of hydrogen-bond acceptors (Lipinski definition) is 3. The normalized spacial score (nSPS) is 11.6. The SMILES string of the molecule is N#CC(NC(=O)c1cccs1)c1cccc(Br)c1. The standard InChI is InChI=1S/C13H9BrN2OS/c14-10-4-1-3-9(7-10)11(8-15)16-13(17)12-5-2-6-18-12/h1-7,11H,(H,16,17). The van der Waals surface area contributed by atoms with E-state index in [4.69, 9.17) is 5.26 Å². The molecule has 1 unspecified atom stereocenters. The van der Waals surface area contributed by atoms with E-state index in [9.17, 15) is 4.79 Å². The molecular formula is C13H9BrN2OS. The fourth-order valence-corrected chi connectivity index (χ4v) is 2.53. The fraction of sp³-hybridized carbons (Fsp3) is 0.0769. The Balaban J connectivity index is 2.16. The Labute approximate surface area is 117 Å². The number of amides is 1.